The van der Waals surface area contributed by atoms with E-state index in [2.05, 4.69) is 0 Å². The summed E-state index contributed by atoms with van der Waals surface area (Å²) in [5.41, 5.74) is 0. The maximum absolute atomic E-state index is 11.5. The molecule has 0 aromatic heterocycles. The molecular weight excluding hydrogens is 126 g/mol. The summed E-state index contributed by atoms with van der Waals surface area (Å²) in [5.74, 6) is -0.748. The third kappa shape index (κ3) is 7.53. The van der Waals surface area contributed by atoms with E-state index >= 15 is 0 Å². The van der Waals surface area contributed by atoms with Gasteiger partial charge in [0.2, 0.25) is 0 Å². The predicted octanol–water partition coefficient (Wildman–Crippen LogP) is 1.91. The van der Waals surface area contributed by atoms with Crippen molar-refractivity contribution < 1.29 is 13.6 Å². The third-order valence-corrected chi connectivity index (χ3v) is 0.577. The zero-order valence-electron chi connectivity index (χ0n) is 5.95. The van der Waals surface area contributed by atoms with Crippen LogP contribution in [0.1, 0.15) is 20.8 Å². The number of Topliss-reactive ketones (excluding diaryl/α,β-unsaturated/α-hetero) is 1. The Morgan fingerprint density at radius 3 is 1.89 bits per heavy atom. The molecule has 0 fully saturated rings. The predicted molar refractivity (Wildman–Crippen MR) is 32.9 cm³/mol. The van der Waals surface area contributed by atoms with E-state index in [1.807, 2.05) is 13.8 Å². The summed E-state index contributed by atoms with van der Waals surface area (Å²) >= 11 is 0. The Balaban J connectivity index is 0. The molecule has 3 heteroatoms. The lowest BCUT2D eigenvalue weighted by Crippen LogP contribution is -2.12. The van der Waals surface area contributed by atoms with Gasteiger partial charge in [0.25, 0.3) is 0 Å². The second-order valence-corrected chi connectivity index (χ2v) is 1.23. The number of carbonyl (C=O) groups excluding carboxylic acids is 1. The molecule has 0 rings (SSSR count). The van der Waals surface area contributed by atoms with E-state index < -0.39 is 18.6 Å². The Labute approximate surface area is 54.1 Å². The van der Waals surface area contributed by atoms with E-state index in [-0.39, 0.29) is 0 Å². The molecule has 0 bridgehead atoms. The van der Waals surface area contributed by atoms with Gasteiger partial charge in [-0.05, 0) is 6.92 Å². The van der Waals surface area contributed by atoms with Crippen LogP contribution in [0.15, 0.2) is 0 Å². The molecule has 0 aromatic rings. The van der Waals surface area contributed by atoms with Crippen molar-refractivity contribution in [2.24, 2.45) is 0 Å². The van der Waals surface area contributed by atoms with Crippen LogP contribution < -0.4 is 0 Å². The van der Waals surface area contributed by atoms with E-state index in [0.29, 0.717) is 0 Å². The van der Waals surface area contributed by atoms with E-state index in [4.69, 9.17) is 0 Å². The first-order chi connectivity index (χ1) is 4.18. The molecule has 0 aliphatic heterocycles. The maximum Gasteiger partial charge on any atom is 0.186 e. The lowest BCUT2D eigenvalue weighted by molar-refractivity contribution is -0.122. The molecule has 56 valence electrons. The molecule has 0 radical (unpaired) electrons. The van der Waals surface area contributed by atoms with E-state index in [1.165, 1.54) is 0 Å². The summed E-state index contributed by atoms with van der Waals surface area (Å²) in [6.45, 7) is 3.82. The Morgan fingerprint density at radius 1 is 1.56 bits per heavy atom. The fraction of sp³-hybridized carbons (Fsp3) is 0.833. The van der Waals surface area contributed by atoms with Crippen molar-refractivity contribution in [3.63, 3.8) is 0 Å². The third-order valence-electron chi connectivity index (χ3n) is 0.577. The van der Waals surface area contributed by atoms with Crippen LogP contribution in [0.25, 0.3) is 0 Å². The summed E-state index contributed by atoms with van der Waals surface area (Å²) in [6.07, 6.45) is -1.90. The molecule has 0 N–H and O–H groups in total. The fourth-order valence-electron chi connectivity index (χ4n) is 0.109. The molecule has 1 nitrogen and oxygen atoms in total. The van der Waals surface area contributed by atoms with Crippen LogP contribution in [0.3, 0.4) is 0 Å². The molecule has 0 spiro atoms. The minimum Gasteiger partial charge on any atom is -0.297 e. The first-order valence-electron chi connectivity index (χ1n) is 2.89. The lowest BCUT2D eigenvalue weighted by atomic mass is 10.3. The second kappa shape index (κ2) is 7.53. The van der Waals surface area contributed by atoms with Crippen LogP contribution in [-0.2, 0) is 4.79 Å². The number of hydrogen-bond acceptors (Lipinski definition) is 1. The van der Waals surface area contributed by atoms with Gasteiger partial charge in [0, 0.05) is 0 Å². The van der Waals surface area contributed by atoms with Crippen molar-refractivity contribution in [3.8, 4) is 0 Å². The summed E-state index contributed by atoms with van der Waals surface area (Å²) in [5, 5.41) is 0. The van der Waals surface area contributed by atoms with Gasteiger partial charge in [-0.15, -0.1) is 0 Å². The van der Waals surface area contributed by atoms with Crippen LogP contribution in [0.5, 0.6) is 0 Å². The van der Waals surface area contributed by atoms with Gasteiger partial charge in [-0.1, -0.05) is 13.8 Å². The number of ketones is 1. The van der Waals surface area contributed by atoms with Crippen molar-refractivity contribution in [1.29, 1.82) is 0 Å². The Kier molecular flexibility index (Phi) is 9.49. The topological polar surface area (TPSA) is 17.1 Å². The van der Waals surface area contributed by atoms with Crippen molar-refractivity contribution in [1.82, 2.24) is 0 Å². The highest BCUT2D eigenvalue weighted by molar-refractivity contribution is 5.80. The van der Waals surface area contributed by atoms with Gasteiger partial charge >= 0.3 is 0 Å². The fourth-order valence-corrected chi connectivity index (χ4v) is 0.109. The lowest BCUT2D eigenvalue weighted by Gasteiger charge is -1.91. The van der Waals surface area contributed by atoms with Gasteiger partial charge in [-0.2, -0.15) is 0 Å². The smallest absolute Gasteiger partial charge is 0.186 e. The highest BCUT2D eigenvalue weighted by Gasteiger charge is 2.09. The number of rotatable bonds is 2. The van der Waals surface area contributed by atoms with E-state index in [1.54, 1.807) is 0 Å². The molecule has 9 heavy (non-hydrogen) atoms. The van der Waals surface area contributed by atoms with Crippen molar-refractivity contribution in [2.45, 2.75) is 26.9 Å². The highest BCUT2D eigenvalue weighted by Crippen LogP contribution is 1.90. The average molecular weight is 138 g/mol. The van der Waals surface area contributed by atoms with Gasteiger partial charge < -0.3 is 0 Å². The van der Waals surface area contributed by atoms with E-state index in [0.717, 1.165) is 6.92 Å². The van der Waals surface area contributed by atoms with Crippen molar-refractivity contribution >= 4 is 5.78 Å². The highest BCUT2D eigenvalue weighted by atomic mass is 19.2. The number of hydrogen-bond donors (Lipinski definition) is 0. The largest absolute Gasteiger partial charge is 0.297 e. The molecular formula is C6H12F2O. The van der Waals surface area contributed by atoms with Crippen molar-refractivity contribution in [3.05, 3.63) is 0 Å². The first-order valence-corrected chi connectivity index (χ1v) is 2.89. The Hall–Kier alpha value is -0.470. The van der Waals surface area contributed by atoms with Crippen LogP contribution in [0.4, 0.5) is 8.78 Å². The Morgan fingerprint density at radius 2 is 1.89 bits per heavy atom. The number of halogens is 2. The molecule has 0 heterocycles. The quantitative estimate of drug-likeness (QED) is 0.569. The summed E-state index contributed by atoms with van der Waals surface area (Å²) in [4.78, 5) is 9.76. The molecule has 0 aliphatic carbocycles. The molecule has 0 aliphatic rings. The van der Waals surface area contributed by atoms with Crippen molar-refractivity contribution in [2.75, 3.05) is 6.67 Å². The zero-order chi connectivity index (χ0) is 7.86. The van der Waals surface area contributed by atoms with Gasteiger partial charge in [0.05, 0.1) is 0 Å². The summed E-state index contributed by atoms with van der Waals surface area (Å²) in [7, 11) is 0. The Bertz CT molecular complexity index is 73.5. The second-order valence-electron chi connectivity index (χ2n) is 1.23. The number of alkyl halides is 2. The minimum atomic E-state index is -1.90. The average Bonchev–Trinajstić information content (AvgIpc) is 1.91. The van der Waals surface area contributed by atoms with Gasteiger partial charge in [0.1, 0.15) is 6.67 Å². The van der Waals surface area contributed by atoms with Crippen LogP contribution in [-0.4, -0.2) is 18.6 Å². The van der Waals surface area contributed by atoms with Crippen LogP contribution in [0, 0.1) is 0 Å². The summed E-state index contributed by atoms with van der Waals surface area (Å²) in [6, 6.07) is 0. The molecule has 0 saturated heterocycles. The molecule has 1 unspecified atom stereocenters. The monoisotopic (exact) mass is 138 g/mol. The maximum atomic E-state index is 11.5. The summed E-state index contributed by atoms with van der Waals surface area (Å²) < 4.78 is 22.6. The van der Waals surface area contributed by atoms with Gasteiger partial charge in [-0.25, -0.2) is 8.78 Å². The number of carbonyl (C=O) groups is 1. The van der Waals surface area contributed by atoms with Gasteiger partial charge in [-0.3, -0.25) is 4.79 Å². The minimum absolute atomic E-state index is 0.748. The first kappa shape index (κ1) is 11.3. The van der Waals surface area contributed by atoms with Gasteiger partial charge in [0.15, 0.2) is 12.0 Å². The molecule has 0 aromatic carbocycles. The van der Waals surface area contributed by atoms with Crippen LogP contribution >= 0.6 is 0 Å². The normalized spacial score (nSPS) is 11.2. The SMILES string of the molecule is CC.CC(=O)C(F)CF. The molecule has 0 saturated carbocycles. The van der Waals surface area contributed by atoms with E-state index in [9.17, 15) is 13.6 Å². The standard InChI is InChI=1S/C4H6F2O.C2H6/c1-3(7)4(6)2-5;1-2/h4H,2H2,1H3;1-2H3. The zero-order valence-corrected chi connectivity index (χ0v) is 5.95. The van der Waals surface area contributed by atoms with Crippen LogP contribution in [0.2, 0.25) is 0 Å². The molecule has 1 atom stereocenters. The molecule has 0 amide bonds.